The van der Waals surface area contributed by atoms with E-state index in [1.54, 1.807) is 0 Å². The van der Waals surface area contributed by atoms with Gasteiger partial charge >= 0.3 is 0 Å². The molecule has 0 amide bonds. The van der Waals surface area contributed by atoms with Crippen molar-refractivity contribution in [1.29, 1.82) is 0 Å². The second-order valence-corrected chi connectivity index (χ2v) is 13.3. The minimum atomic E-state index is 0.128. The van der Waals surface area contributed by atoms with E-state index in [1.165, 1.54) is 94.2 Å². The summed E-state index contributed by atoms with van der Waals surface area (Å²) in [4.78, 5) is 0. The zero-order valence-electron chi connectivity index (χ0n) is 24.2. The highest BCUT2D eigenvalue weighted by Crippen LogP contribution is 2.45. The van der Waals surface area contributed by atoms with Crippen molar-refractivity contribution in [2.75, 3.05) is 0 Å². The van der Waals surface area contributed by atoms with Crippen LogP contribution in [0.1, 0.15) is 93.9 Å². The molecule has 1 saturated carbocycles. The van der Waals surface area contributed by atoms with Crippen LogP contribution in [0.3, 0.4) is 0 Å². The van der Waals surface area contributed by atoms with Gasteiger partial charge in [0.2, 0.25) is 0 Å². The SMILES string of the molecule is C=C(CC1=CCC=C1C1=Cc2cc(CC3CCCCC3)ccc2C1)C1=CC(C(C)(C)C)=CC1c1ccccc1. The summed E-state index contributed by atoms with van der Waals surface area (Å²) in [6, 6.07) is 18.2. The van der Waals surface area contributed by atoms with Crippen LogP contribution < -0.4 is 0 Å². The maximum absolute atomic E-state index is 4.67. The van der Waals surface area contributed by atoms with Crippen LogP contribution in [0, 0.1) is 11.3 Å². The molecule has 2 aromatic carbocycles. The first-order valence-corrected chi connectivity index (χ1v) is 15.2. The molecule has 200 valence electrons. The second kappa shape index (κ2) is 10.8. The Kier molecular flexibility index (Phi) is 7.23. The van der Waals surface area contributed by atoms with Crippen molar-refractivity contribution in [1.82, 2.24) is 0 Å². The van der Waals surface area contributed by atoms with E-state index in [2.05, 4.69) is 106 Å². The Morgan fingerprint density at radius 3 is 2.49 bits per heavy atom. The highest BCUT2D eigenvalue weighted by molar-refractivity contribution is 5.73. The Hall–Kier alpha value is -3.12. The van der Waals surface area contributed by atoms with Crippen LogP contribution in [0.15, 0.2) is 113 Å². The van der Waals surface area contributed by atoms with Gasteiger partial charge in [0, 0.05) is 5.92 Å². The number of rotatable bonds is 7. The third-order valence-corrected chi connectivity index (χ3v) is 9.38. The van der Waals surface area contributed by atoms with E-state index in [0.717, 1.165) is 25.2 Å². The monoisotopic (exact) mass is 512 g/mol. The number of hydrogen-bond acceptors (Lipinski definition) is 0. The summed E-state index contributed by atoms with van der Waals surface area (Å²) in [6.45, 7) is 11.6. The third kappa shape index (κ3) is 5.62. The first-order valence-electron chi connectivity index (χ1n) is 15.2. The molecule has 0 aromatic heterocycles. The van der Waals surface area contributed by atoms with Crippen LogP contribution in [-0.2, 0) is 12.8 Å². The van der Waals surface area contributed by atoms with E-state index in [9.17, 15) is 0 Å². The second-order valence-electron chi connectivity index (χ2n) is 13.3. The van der Waals surface area contributed by atoms with Gasteiger partial charge in [-0.3, -0.25) is 0 Å². The molecule has 0 aliphatic heterocycles. The summed E-state index contributed by atoms with van der Waals surface area (Å²) < 4.78 is 0. The van der Waals surface area contributed by atoms with Crippen molar-refractivity contribution in [3.05, 3.63) is 135 Å². The Bertz CT molecular complexity index is 1400. The Labute approximate surface area is 236 Å². The molecular weight excluding hydrogens is 468 g/mol. The van der Waals surface area contributed by atoms with Gasteiger partial charge in [0.15, 0.2) is 0 Å². The summed E-state index contributed by atoms with van der Waals surface area (Å²) in [5.74, 6) is 1.18. The summed E-state index contributed by atoms with van der Waals surface area (Å²) >= 11 is 0. The first kappa shape index (κ1) is 26.1. The molecule has 0 saturated heterocycles. The molecule has 0 heteroatoms. The van der Waals surface area contributed by atoms with Crippen molar-refractivity contribution in [2.24, 2.45) is 11.3 Å². The van der Waals surface area contributed by atoms with E-state index in [1.807, 2.05) is 0 Å². The molecule has 6 rings (SSSR count). The highest BCUT2D eigenvalue weighted by Gasteiger charge is 2.29. The topological polar surface area (TPSA) is 0 Å². The Morgan fingerprint density at radius 1 is 0.923 bits per heavy atom. The molecular formula is C39H44. The minimum Gasteiger partial charge on any atom is -0.0952 e. The Balaban J connectivity index is 1.18. The van der Waals surface area contributed by atoms with Crippen LogP contribution in [0.4, 0.5) is 0 Å². The molecule has 1 unspecified atom stereocenters. The number of hydrogen-bond donors (Lipinski definition) is 0. The molecule has 0 radical (unpaired) electrons. The lowest BCUT2D eigenvalue weighted by Gasteiger charge is -2.21. The van der Waals surface area contributed by atoms with E-state index in [-0.39, 0.29) is 5.41 Å². The standard InChI is InChI=1S/C39H44/c1-27(37-25-35(39(2,3)4)26-38(37)30-14-9-6-10-15-30)20-32-16-11-17-36(32)34-23-31-19-18-29(22-33(31)24-34)21-28-12-7-5-8-13-28/h6,9-10,14-19,22,24-26,28,38H,1,5,7-8,11-13,20-21,23H2,2-4H3. The lowest BCUT2D eigenvalue weighted by atomic mass is 9.84. The summed E-state index contributed by atoms with van der Waals surface area (Å²) in [5, 5.41) is 0. The zero-order valence-corrected chi connectivity index (χ0v) is 24.2. The van der Waals surface area contributed by atoms with E-state index in [4.69, 9.17) is 0 Å². The number of benzene rings is 2. The summed E-state index contributed by atoms with van der Waals surface area (Å²) in [5.41, 5.74) is 14.4. The van der Waals surface area contributed by atoms with Crippen LogP contribution >= 0.6 is 0 Å². The fourth-order valence-corrected chi connectivity index (χ4v) is 7.10. The fourth-order valence-electron chi connectivity index (χ4n) is 7.10. The van der Waals surface area contributed by atoms with Gasteiger partial charge in [-0.1, -0.05) is 138 Å². The molecule has 0 N–H and O–H groups in total. The van der Waals surface area contributed by atoms with Gasteiger partial charge in [-0.25, -0.2) is 0 Å². The van der Waals surface area contributed by atoms with Crippen LogP contribution in [-0.4, -0.2) is 0 Å². The third-order valence-electron chi connectivity index (χ3n) is 9.38. The molecule has 4 aliphatic carbocycles. The number of fused-ring (bicyclic) bond motifs is 1. The van der Waals surface area contributed by atoms with Gasteiger partial charge in [-0.15, -0.1) is 0 Å². The maximum atomic E-state index is 4.67. The van der Waals surface area contributed by atoms with E-state index >= 15 is 0 Å². The predicted molar refractivity (Wildman–Crippen MR) is 168 cm³/mol. The lowest BCUT2D eigenvalue weighted by molar-refractivity contribution is 0.356. The van der Waals surface area contributed by atoms with Crippen molar-refractivity contribution in [3.8, 4) is 0 Å². The van der Waals surface area contributed by atoms with Crippen LogP contribution in [0.2, 0.25) is 0 Å². The largest absolute Gasteiger partial charge is 0.0952 e. The van der Waals surface area contributed by atoms with Crippen molar-refractivity contribution in [3.63, 3.8) is 0 Å². The highest BCUT2D eigenvalue weighted by atomic mass is 14.3. The average Bonchev–Trinajstić information content (AvgIpc) is 3.67. The van der Waals surface area contributed by atoms with Gasteiger partial charge in [0.1, 0.15) is 0 Å². The predicted octanol–water partition coefficient (Wildman–Crippen LogP) is 10.6. The smallest absolute Gasteiger partial charge is 0.0278 e. The Morgan fingerprint density at radius 2 is 1.72 bits per heavy atom. The quantitative estimate of drug-likeness (QED) is 0.346. The van der Waals surface area contributed by atoms with Crippen LogP contribution in [0.5, 0.6) is 0 Å². The fraction of sp³-hybridized carbons (Fsp3) is 0.385. The summed E-state index contributed by atoms with van der Waals surface area (Å²) in [7, 11) is 0. The average molecular weight is 513 g/mol. The van der Waals surface area contributed by atoms with Crippen molar-refractivity contribution < 1.29 is 0 Å². The molecule has 2 aromatic rings. The van der Waals surface area contributed by atoms with Crippen molar-refractivity contribution in [2.45, 2.75) is 84.5 Å². The normalized spacial score (nSPS) is 21.2. The van der Waals surface area contributed by atoms with Crippen LogP contribution in [0.25, 0.3) is 6.08 Å². The van der Waals surface area contributed by atoms with Crippen molar-refractivity contribution >= 4 is 6.08 Å². The minimum absolute atomic E-state index is 0.128. The molecule has 39 heavy (non-hydrogen) atoms. The molecule has 0 heterocycles. The molecule has 4 aliphatic rings. The number of allylic oxidation sites excluding steroid dienone is 10. The van der Waals surface area contributed by atoms with Gasteiger partial charge < -0.3 is 0 Å². The summed E-state index contributed by atoms with van der Waals surface area (Å²) in [6.07, 6.45) is 23.6. The lowest BCUT2D eigenvalue weighted by Crippen LogP contribution is -2.09. The molecule has 0 bridgehead atoms. The maximum Gasteiger partial charge on any atom is 0.0278 e. The zero-order chi connectivity index (χ0) is 27.0. The van der Waals surface area contributed by atoms with E-state index in [0.29, 0.717) is 5.92 Å². The van der Waals surface area contributed by atoms with E-state index < -0.39 is 0 Å². The molecule has 1 atom stereocenters. The van der Waals surface area contributed by atoms with Gasteiger partial charge in [-0.2, -0.15) is 0 Å². The molecule has 1 fully saturated rings. The van der Waals surface area contributed by atoms with Gasteiger partial charge in [0.25, 0.3) is 0 Å². The first-order chi connectivity index (χ1) is 18.8. The van der Waals surface area contributed by atoms with Gasteiger partial charge in [-0.05, 0) is 92.7 Å². The molecule has 0 nitrogen and oxygen atoms in total. The van der Waals surface area contributed by atoms with Gasteiger partial charge in [0.05, 0.1) is 0 Å². The molecule has 0 spiro atoms.